The molecule has 1 aromatic heterocycles. The van der Waals surface area contributed by atoms with E-state index in [1.165, 1.54) is 16.9 Å². The average Bonchev–Trinajstić information content (AvgIpc) is 3.27. The van der Waals surface area contributed by atoms with Crippen molar-refractivity contribution < 1.29 is 9.18 Å². The summed E-state index contributed by atoms with van der Waals surface area (Å²) in [6, 6.07) is 15.7. The van der Waals surface area contributed by atoms with Gasteiger partial charge in [-0.05, 0) is 101 Å². The predicted molar refractivity (Wildman–Crippen MR) is 161 cm³/mol. The maximum atomic E-state index is 13.5. The fourth-order valence-electron chi connectivity index (χ4n) is 3.61. The number of halogens is 1. The van der Waals surface area contributed by atoms with Crippen LogP contribution in [0.3, 0.4) is 0 Å². The minimum absolute atomic E-state index is 0.113. The van der Waals surface area contributed by atoms with Gasteiger partial charge in [0.1, 0.15) is 5.82 Å². The normalized spacial score (nSPS) is 10.8. The van der Waals surface area contributed by atoms with Crippen LogP contribution in [0.5, 0.6) is 0 Å². The number of anilines is 1. The van der Waals surface area contributed by atoms with Crippen LogP contribution in [0.25, 0.3) is 0 Å². The second kappa shape index (κ2) is 16.8. The number of allylic oxidation sites excluding steroid dienone is 3. The van der Waals surface area contributed by atoms with Crippen molar-refractivity contribution in [3.63, 3.8) is 0 Å². The molecular formula is C31H45FN6O. The molecule has 3 aromatic rings. The Hall–Kier alpha value is -3.91. The van der Waals surface area contributed by atoms with E-state index in [4.69, 9.17) is 11.7 Å². The Labute approximate surface area is 233 Å². The highest BCUT2D eigenvalue weighted by Gasteiger charge is 2.14. The summed E-state index contributed by atoms with van der Waals surface area (Å²) in [5, 5.41) is 8.41. The van der Waals surface area contributed by atoms with Crippen LogP contribution in [0.1, 0.15) is 75.3 Å². The van der Waals surface area contributed by atoms with Crippen molar-refractivity contribution in [1.29, 1.82) is 0 Å². The first-order valence-electron chi connectivity index (χ1n) is 13.4. The van der Waals surface area contributed by atoms with Crippen LogP contribution < -0.4 is 22.0 Å². The highest BCUT2D eigenvalue weighted by atomic mass is 19.1. The van der Waals surface area contributed by atoms with Gasteiger partial charge in [0.2, 0.25) is 0 Å². The smallest absolute Gasteiger partial charge is 0.251 e. The van der Waals surface area contributed by atoms with E-state index >= 15 is 0 Å². The molecule has 8 heteroatoms. The van der Waals surface area contributed by atoms with Gasteiger partial charge in [0.05, 0.1) is 17.1 Å². The molecule has 0 atom stereocenters. The van der Waals surface area contributed by atoms with E-state index in [1.54, 1.807) is 23.2 Å². The number of hydrogen-bond acceptors (Lipinski definition) is 5. The molecule has 0 aliphatic rings. The van der Waals surface area contributed by atoms with E-state index in [0.717, 1.165) is 45.9 Å². The Morgan fingerprint density at radius 3 is 2.21 bits per heavy atom. The molecule has 39 heavy (non-hydrogen) atoms. The lowest BCUT2D eigenvalue weighted by Crippen LogP contribution is -2.31. The van der Waals surface area contributed by atoms with Crippen LogP contribution in [0.15, 0.2) is 78.0 Å². The number of carbonyl (C=O) groups is 1. The highest BCUT2D eigenvalue weighted by Crippen LogP contribution is 2.25. The van der Waals surface area contributed by atoms with Gasteiger partial charge in [-0.15, -0.1) is 0 Å². The van der Waals surface area contributed by atoms with Crippen molar-refractivity contribution in [2.45, 2.75) is 67.7 Å². The summed E-state index contributed by atoms with van der Waals surface area (Å²) in [5.74, 6) is 11.5. The number of rotatable bonds is 9. The van der Waals surface area contributed by atoms with Gasteiger partial charge in [0.15, 0.2) is 0 Å². The van der Waals surface area contributed by atoms with Crippen LogP contribution >= 0.6 is 0 Å². The van der Waals surface area contributed by atoms with Gasteiger partial charge in [-0.2, -0.15) is 9.89 Å². The summed E-state index contributed by atoms with van der Waals surface area (Å²) in [5.41, 5.74) is 7.13. The third-order valence-electron chi connectivity index (χ3n) is 5.98. The van der Waals surface area contributed by atoms with Crippen molar-refractivity contribution in [2.75, 3.05) is 17.4 Å². The first-order chi connectivity index (χ1) is 18.6. The van der Waals surface area contributed by atoms with Crippen LogP contribution in [0.2, 0.25) is 0 Å². The molecule has 0 saturated heterocycles. The van der Waals surface area contributed by atoms with E-state index in [2.05, 4.69) is 23.9 Å². The number of nitrogens with zero attached hydrogens (tertiary/aromatic N) is 3. The van der Waals surface area contributed by atoms with E-state index in [0.29, 0.717) is 24.9 Å². The molecule has 0 aliphatic carbocycles. The van der Waals surface area contributed by atoms with Gasteiger partial charge >= 0.3 is 0 Å². The molecule has 3 rings (SSSR count). The highest BCUT2D eigenvalue weighted by molar-refractivity contribution is 5.94. The number of carbonyl (C=O) groups excluding carboxylic acids is 1. The van der Waals surface area contributed by atoms with Crippen molar-refractivity contribution in [1.82, 2.24) is 15.2 Å². The molecule has 5 N–H and O–H groups in total. The molecule has 212 valence electrons. The third-order valence-corrected chi connectivity index (χ3v) is 5.98. The van der Waals surface area contributed by atoms with Crippen LogP contribution in [-0.2, 0) is 12.8 Å². The van der Waals surface area contributed by atoms with Gasteiger partial charge in [-0.25, -0.2) is 10.2 Å². The Bertz CT molecular complexity index is 1210. The number of aryl methyl sites for hydroxylation is 3. The molecule has 1 amide bonds. The molecule has 2 aromatic carbocycles. The molecule has 0 spiro atoms. The van der Waals surface area contributed by atoms with Crippen molar-refractivity contribution >= 4 is 11.6 Å². The molecule has 0 fully saturated rings. The molecule has 0 unspecified atom stereocenters. The van der Waals surface area contributed by atoms with E-state index < -0.39 is 0 Å². The lowest BCUT2D eigenvalue weighted by molar-refractivity contribution is 0.0956. The molecule has 0 radical (unpaired) electrons. The molecular weight excluding hydrogens is 491 g/mol. The van der Waals surface area contributed by atoms with Crippen molar-refractivity contribution in [2.24, 2.45) is 5.84 Å². The first-order valence-corrected chi connectivity index (χ1v) is 13.4. The topological polar surface area (TPSA) is 102 Å². The number of amides is 1. The fourth-order valence-corrected chi connectivity index (χ4v) is 3.61. The van der Waals surface area contributed by atoms with Crippen LogP contribution in [0, 0.1) is 12.7 Å². The van der Waals surface area contributed by atoms with Crippen LogP contribution in [-0.4, -0.2) is 22.3 Å². The number of nitrogens with two attached hydrogens (primary N) is 2. The van der Waals surface area contributed by atoms with E-state index in [1.807, 2.05) is 65.8 Å². The lowest BCUT2D eigenvalue weighted by atomic mass is 10.0. The van der Waals surface area contributed by atoms with Gasteiger partial charge < -0.3 is 11.2 Å². The summed E-state index contributed by atoms with van der Waals surface area (Å²) in [4.78, 5) is 13.3. The minimum atomic E-state index is -0.245. The average molecular weight is 537 g/mol. The minimum Gasteiger partial charge on any atom is -0.352 e. The number of nitrogens with one attached hydrogen (secondary N) is 1. The summed E-state index contributed by atoms with van der Waals surface area (Å²) in [6.45, 7) is 18.4. The summed E-state index contributed by atoms with van der Waals surface area (Å²) >= 11 is 0. The quantitative estimate of drug-likeness (QED) is 0.171. The summed E-state index contributed by atoms with van der Waals surface area (Å²) in [7, 11) is 0. The van der Waals surface area contributed by atoms with E-state index in [-0.39, 0.29) is 11.7 Å². The zero-order valence-electron chi connectivity index (χ0n) is 24.5. The van der Waals surface area contributed by atoms with Gasteiger partial charge in [0, 0.05) is 17.8 Å². The number of aromatic nitrogens is 2. The predicted octanol–water partition coefficient (Wildman–Crippen LogP) is 6.23. The molecule has 0 saturated carbocycles. The van der Waals surface area contributed by atoms with Crippen LogP contribution in [0.4, 0.5) is 10.1 Å². The zero-order valence-corrected chi connectivity index (χ0v) is 24.5. The Kier molecular flexibility index (Phi) is 14.3. The number of benzene rings is 2. The van der Waals surface area contributed by atoms with E-state index in [9.17, 15) is 9.18 Å². The molecule has 0 bridgehead atoms. The fraction of sp³-hybridized carbons (Fsp3) is 0.355. The van der Waals surface area contributed by atoms with Crippen molar-refractivity contribution in [3.8, 4) is 0 Å². The Morgan fingerprint density at radius 2 is 1.74 bits per heavy atom. The van der Waals surface area contributed by atoms with Gasteiger partial charge in [-0.3, -0.25) is 9.80 Å². The SMILES string of the molecule is C=C(C)/C(C)=C(\CCc1cccc(F)c1)N(N)c1ccc(C(=O)NCC)cc1.CC.CCc1cc(C)n(N)n1. The van der Waals surface area contributed by atoms with Gasteiger partial charge in [0.25, 0.3) is 5.91 Å². The lowest BCUT2D eigenvalue weighted by Gasteiger charge is -2.25. The molecule has 0 aliphatic heterocycles. The summed E-state index contributed by atoms with van der Waals surface area (Å²) < 4.78 is 13.5. The largest absolute Gasteiger partial charge is 0.352 e. The first kappa shape index (κ1) is 33.1. The second-order valence-electron chi connectivity index (χ2n) is 8.83. The third kappa shape index (κ3) is 10.4. The maximum Gasteiger partial charge on any atom is 0.251 e. The number of nitrogen functional groups attached to an aromatic ring is 1. The monoisotopic (exact) mass is 536 g/mol. The molecule has 1 heterocycles. The summed E-state index contributed by atoms with van der Waals surface area (Å²) in [6.07, 6.45) is 2.24. The van der Waals surface area contributed by atoms with Crippen molar-refractivity contribution in [3.05, 3.63) is 106 Å². The number of hydrogen-bond donors (Lipinski definition) is 3. The number of hydrazine groups is 1. The van der Waals surface area contributed by atoms with Gasteiger partial charge in [-0.1, -0.05) is 45.1 Å². The maximum absolute atomic E-state index is 13.5. The zero-order chi connectivity index (χ0) is 29.5. The Morgan fingerprint density at radius 1 is 1.10 bits per heavy atom. The molecule has 7 nitrogen and oxygen atoms in total. The standard InChI is InChI=1S/C23H28FN3O.C6H11N3.C2H6/c1-5-26-23(28)19-10-12-21(13-11-19)27(25)22(17(4)16(2)3)14-9-18-7-6-8-20(24)15-18;1-3-6-4-5(2)9(7)8-6;1-2/h6-8,10-13,15H,2,5,9,14,25H2,1,3-4H3,(H,26,28);4H,3,7H2,1-2H3;1-2H3/b22-17+;;. The second-order valence-corrected chi connectivity index (χ2v) is 8.83. The Balaban J connectivity index is 0.000000578.